The van der Waals surface area contributed by atoms with Gasteiger partial charge in [0.25, 0.3) is 5.69 Å². The van der Waals surface area contributed by atoms with Gasteiger partial charge in [0.1, 0.15) is 12.0 Å². The summed E-state index contributed by atoms with van der Waals surface area (Å²) < 4.78 is 0.557. The molecule has 8 heteroatoms. The van der Waals surface area contributed by atoms with E-state index in [0.717, 1.165) is 5.69 Å². The maximum atomic E-state index is 10.5. The summed E-state index contributed by atoms with van der Waals surface area (Å²) in [5.74, 6) is 0.559. The maximum absolute atomic E-state index is 10.5. The van der Waals surface area contributed by atoms with E-state index in [9.17, 15) is 10.1 Å². The average molecular weight is 315 g/mol. The second kappa shape index (κ2) is 5.19. The summed E-state index contributed by atoms with van der Waals surface area (Å²) in [7, 11) is 0. The van der Waals surface area contributed by atoms with Crippen molar-refractivity contribution in [2.45, 2.75) is 6.54 Å². The lowest BCUT2D eigenvalue weighted by Crippen LogP contribution is -2.02. The van der Waals surface area contributed by atoms with E-state index in [1.54, 1.807) is 5.51 Å². The highest BCUT2D eigenvalue weighted by molar-refractivity contribution is 9.10. The van der Waals surface area contributed by atoms with Gasteiger partial charge in [0.15, 0.2) is 0 Å². The van der Waals surface area contributed by atoms with Crippen molar-refractivity contribution in [3.63, 3.8) is 0 Å². The minimum Gasteiger partial charge on any atom is -0.363 e. The first-order valence-corrected chi connectivity index (χ1v) is 6.31. The Balaban J connectivity index is 2.09. The number of nitrogens with one attached hydrogen (secondary N) is 1. The second-order valence-corrected chi connectivity index (χ2v) is 4.69. The van der Waals surface area contributed by atoms with Gasteiger partial charge in [-0.25, -0.2) is 9.97 Å². The standard InChI is InChI=1S/C9H7BrN4O2S/c10-8-1-7(14(15)16)3-12-9(8)11-2-6-4-17-5-13-6/h1,3-5H,2H2,(H,11,12). The van der Waals surface area contributed by atoms with Crippen molar-refractivity contribution in [3.8, 4) is 0 Å². The Bertz CT molecular complexity index is 532. The van der Waals surface area contributed by atoms with E-state index in [2.05, 4.69) is 31.2 Å². The van der Waals surface area contributed by atoms with Gasteiger partial charge in [-0.1, -0.05) is 0 Å². The van der Waals surface area contributed by atoms with Crippen molar-refractivity contribution < 1.29 is 4.92 Å². The van der Waals surface area contributed by atoms with Gasteiger partial charge >= 0.3 is 0 Å². The van der Waals surface area contributed by atoms with Crippen LogP contribution in [0.1, 0.15) is 5.69 Å². The van der Waals surface area contributed by atoms with Gasteiger partial charge in [0.2, 0.25) is 0 Å². The Morgan fingerprint density at radius 3 is 2.94 bits per heavy atom. The van der Waals surface area contributed by atoms with Gasteiger partial charge in [-0.15, -0.1) is 11.3 Å². The first-order chi connectivity index (χ1) is 8.16. The average Bonchev–Trinajstić information content (AvgIpc) is 2.80. The zero-order valence-corrected chi connectivity index (χ0v) is 10.9. The third kappa shape index (κ3) is 2.98. The molecule has 6 nitrogen and oxygen atoms in total. The van der Waals surface area contributed by atoms with Crippen LogP contribution >= 0.6 is 27.3 Å². The number of rotatable bonds is 4. The predicted octanol–water partition coefficient (Wildman–Crippen LogP) is 2.82. The first kappa shape index (κ1) is 11.9. The molecule has 0 bridgehead atoms. The van der Waals surface area contributed by atoms with Crippen molar-refractivity contribution in [2.24, 2.45) is 0 Å². The highest BCUT2D eigenvalue weighted by Crippen LogP contribution is 2.24. The van der Waals surface area contributed by atoms with Crippen LogP contribution in [0.5, 0.6) is 0 Å². The van der Waals surface area contributed by atoms with Crippen LogP contribution in [0.25, 0.3) is 0 Å². The first-order valence-electron chi connectivity index (χ1n) is 4.57. The van der Waals surface area contributed by atoms with Crippen molar-refractivity contribution in [1.29, 1.82) is 0 Å². The summed E-state index contributed by atoms with van der Waals surface area (Å²) in [6, 6.07) is 1.41. The molecule has 0 spiro atoms. The lowest BCUT2D eigenvalue weighted by Gasteiger charge is -2.05. The molecule has 0 amide bonds. The molecule has 0 unspecified atom stereocenters. The van der Waals surface area contributed by atoms with E-state index >= 15 is 0 Å². The molecule has 88 valence electrons. The molecule has 0 aromatic carbocycles. The number of nitro groups is 1. The summed E-state index contributed by atoms with van der Waals surface area (Å²) in [5.41, 5.74) is 2.60. The minimum absolute atomic E-state index is 0.0453. The Morgan fingerprint density at radius 2 is 2.35 bits per heavy atom. The third-order valence-corrected chi connectivity index (χ3v) is 3.20. The molecule has 0 atom stereocenters. The summed E-state index contributed by atoms with van der Waals surface area (Å²) >= 11 is 4.75. The van der Waals surface area contributed by atoms with E-state index in [-0.39, 0.29) is 5.69 Å². The van der Waals surface area contributed by atoms with Gasteiger partial charge in [-0.3, -0.25) is 10.1 Å². The topological polar surface area (TPSA) is 81.0 Å². The fourth-order valence-corrected chi connectivity index (χ4v) is 2.19. The molecule has 0 fully saturated rings. The van der Waals surface area contributed by atoms with Crippen molar-refractivity contribution in [1.82, 2.24) is 9.97 Å². The van der Waals surface area contributed by atoms with Crippen molar-refractivity contribution in [2.75, 3.05) is 5.32 Å². The molecule has 2 aromatic rings. The number of aromatic nitrogens is 2. The van der Waals surface area contributed by atoms with E-state index in [1.807, 2.05) is 5.38 Å². The second-order valence-electron chi connectivity index (χ2n) is 3.11. The molecular formula is C9H7BrN4O2S. The van der Waals surface area contributed by atoms with Crippen LogP contribution in [0.3, 0.4) is 0 Å². The smallest absolute Gasteiger partial charge is 0.288 e. The van der Waals surface area contributed by atoms with Crippen LogP contribution in [0.2, 0.25) is 0 Å². The Labute approximate surface area is 109 Å². The number of hydrogen-bond acceptors (Lipinski definition) is 6. The van der Waals surface area contributed by atoms with E-state index < -0.39 is 4.92 Å². The predicted molar refractivity (Wildman–Crippen MR) is 68.0 cm³/mol. The molecule has 0 aliphatic rings. The molecule has 1 N–H and O–H groups in total. The van der Waals surface area contributed by atoms with E-state index in [1.165, 1.54) is 23.6 Å². The lowest BCUT2D eigenvalue weighted by molar-refractivity contribution is -0.385. The molecule has 2 heterocycles. The van der Waals surface area contributed by atoms with Crippen LogP contribution < -0.4 is 5.32 Å². The van der Waals surface area contributed by atoms with Crippen molar-refractivity contribution in [3.05, 3.63) is 43.4 Å². The minimum atomic E-state index is -0.484. The molecule has 0 saturated carbocycles. The normalized spacial score (nSPS) is 10.2. The monoisotopic (exact) mass is 314 g/mol. The molecule has 0 saturated heterocycles. The maximum Gasteiger partial charge on any atom is 0.288 e. The zero-order chi connectivity index (χ0) is 12.3. The van der Waals surface area contributed by atoms with Crippen LogP contribution in [-0.4, -0.2) is 14.9 Å². The third-order valence-electron chi connectivity index (χ3n) is 1.96. The number of anilines is 1. The number of nitrogens with zero attached hydrogens (tertiary/aromatic N) is 3. The highest BCUT2D eigenvalue weighted by Gasteiger charge is 2.10. The fourth-order valence-electron chi connectivity index (χ4n) is 1.16. The highest BCUT2D eigenvalue weighted by atomic mass is 79.9. The van der Waals surface area contributed by atoms with E-state index in [4.69, 9.17) is 0 Å². The van der Waals surface area contributed by atoms with Gasteiger partial charge in [-0.2, -0.15) is 0 Å². The Morgan fingerprint density at radius 1 is 1.53 bits per heavy atom. The molecular weight excluding hydrogens is 308 g/mol. The summed E-state index contributed by atoms with van der Waals surface area (Å²) in [6.07, 6.45) is 1.22. The molecule has 17 heavy (non-hydrogen) atoms. The largest absolute Gasteiger partial charge is 0.363 e. The van der Waals surface area contributed by atoms with Crippen LogP contribution in [-0.2, 0) is 6.54 Å². The van der Waals surface area contributed by atoms with Gasteiger partial charge < -0.3 is 5.32 Å². The van der Waals surface area contributed by atoms with Gasteiger partial charge in [0.05, 0.1) is 27.1 Å². The fraction of sp³-hybridized carbons (Fsp3) is 0.111. The molecule has 2 rings (SSSR count). The quantitative estimate of drug-likeness (QED) is 0.693. The SMILES string of the molecule is O=[N+]([O-])c1cnc(NCc2cscn2)c(Br)c1. The molecule has 2 aromatic heterocycles. The lowest BCUT2D eigenvalue weighted by atomic mass is 10.4. The van der Waals surface area contributed by atoms with Crippen LogP contribution in [0, 0.1) is 10.1 Å². The van der Waals surface area contributed by atoms with Crippen LogP contribution in [0.15, 0.2) is 27.6 Å². The number of halogens is 1. The van der Waals surface area contributed by atoms with E-state index in [0.29, 0.717) is 16.8 Å². The summed E-state index contributed by atoms with van der Waals surface area (Å²) in [5, 5.41) is 15.5. The van der Waals surface area contributed by atoms with Gasteiger partial charge in [-0.05, 0) is 15.9 Å². The summed E-state index contributed by atoms with van der Waals surface area (Å²) in [6.45, 7) is 0.535. The van der Waals surface area contributed by atoms with Crippen LogP contribution in [0.4, 0.5) is 11.5 Å². The number of thiazole rings is 1. The zero-order valence-electron chi connectivity index (χ0n) is 8.46. The number of pyridine rings is 1. The van der Waals surface area contributed by atoms with Gasteiger partial charge in [0, 0.05) is 11.4 Å². The number of hydrogen-bond donors (Lipinski definition) is 1. The Kier molecular flexibility index (Phi) is 3.64. The molecule has 0 aliphatic heterocycles. The van der Waals surface area contributed by atoms with Crippen molar-refractivity contribution >= 4 is 38.8 Å². The Hall–Kier alpha value is -1.54. The molecule has 0 radical (unpaired) electrons. The molecule has 0 aliphatic carbocycles. The summed E-state index contributed by atoms with van der Waals surface area (Å²) in [4.78, 5) is 18.1.